The second-order valence-electron chi connectivity index (χ2n) is 7.80. The van der Waals surface area contributed by atoms with Crippen molar-refractivity contribution in [3.05, 3.63) is 72.2 Å². The van der Waals surface area contributed by atoms with E-state index in [9.17, 15) is 4.39 Å². The van der Waals surface area contributed by atoms with E-state index in [1.807, 2.05) is 24.4 Å². The van der Waals surface area contributed by atoms with Crippen molar-refractivity contribution in [2.45, 2.75) is 38.6 Å². The highest BCUT2D eigenvalue weighted by molar-refractivity contribution is 5.85. The minimum atomic E-state index is -0.160. The number of benzene rings is 2. The lowest BCUT2D eigenvalue weighted by Crippen LogP contribution is -2.36. The molecule has 2 aromatic carbocycles. The molecule has 1 saturated carbocycles. The van der Waals surface area contributed by atoms with Crippen LogP contribution in [0.3, 0.4) is 0 Å². The first-order chi connectivity index (χ1) is 14.2. The summed E-state index contributed by atoms with van der Waals surface area (Å²) >= 11 is 0. The topological polar surface area (TPSA) is 37.0 Å². The van der Waals surface area contributed by atoms with Gasteiger partial charge in [-0.1, -0.05) is 24.3 Å². The van der Waals surface area contributed by atoms with Gasteiger partial charge in [0.05, 0.1) is 0 Å². The molecule has 2 N–H and O–H groups in total. The molecular weight excluding hydrogens is 363 g/mol. The van der Waals surface area contributed by atoms with E-state index in [4.69, 9.17) is 4.74 Å². The van der Waals surface area contributed by atoms with Crippen LogP contribution in [-0.2, 0) is 0 Å². The summed E-state index contributed by atoms with van der Waals surface area (Å²) in [4.78, 5) is 3.21. The fraction of sp³-hybridized carbons (Fsp3) is 0.360. The first kappa shape index (κ1) is 19.7. The van der Waals surface area contributed by atoms with Gasteiger partial charge in [0, 0.05) is 29.7 Å². The molecule has 3 nitrogen and oxygen atoms in total. The lowest BCUT2D eigenvalue weighted by atomic mass is 9.79. The normalized spacial score (nSPS) is 20.1. The van der Waals surface area contributed by atoms with Crippen LogP contribution in [0.4, 0.5) is 4.39 Å². The molecule has 4 rings (SSSR count). The van der Waals surface area contributed by atoms with Gasteiger partial charge in [-0.3, -0.25) is 0 Å². The molecule has 0 aliphatic heterocycles. The highest BCUT2D eigenvalue weighted by atomic mass is 19.1. The summed E-state index contributed by atoms with van der Waals surface area (Å²) in [5.41, 5.74) is 3.41. The number of aromatic nitrogens is 1. The molecule has 1 aromatic heterocycles. The number of hydrogen-bond acceptors (Lipinski definition) is 2. The van der Waals surface area contributed by atoms with Crippen LogP contribution in [0.25, 0.3) is 16.5 Å². The van der Waals surface area contributed by atoms with E-state index in [0.29, 0.717) is 18.6 Å². The van der Waals surface area contributed by atoms with Gasteiger partial charge in [-0.05, 0) is 80.0 Å². The molecule has 3 aromatic rings. The summed E-state index contributed by atoms with van der Waals surface area (Å²) in [5, 5.41) is 4.78. The summed E-state index contributed by atoms with van der Waals surface area (Å²) in [6.45, 7) is 3.57. The number of hydrogen-bond donors (Lipinski definition) is 2. The standard InChI is InChI=1S/C25H29FN2O/c1-2-22(19-5-3-6-20(26)17-19)18-9-11-21(12-10-18)27-15-16-29-25-8-4-7-24-23(25)13-14-28-24/h2-8,13-14,17-18,21,27-28H,9-12,15-16H2,1H3/b22-2-. The Hall–Kier alpha value is -2.59. The lowest BCUT2D eigenvalue weighted by Gasteiger charge is -2.31. The number of nitrogens with one attached hydrogen (secondary N) is 2. The van der Waals surface area contributed by atoms with E-state index in [0.717, 1.165) is 54.4 Å². The number of fused-ring (bicyclic) bond motifs is 1. The zero-order chi connectivity index (χ0) is 20.1. The Labute approximate surface area is 172 Å². The van der Waals surface area contributed by atoms with E-state index in [-0.39, 0.29) is 5.82 Å². The molecule has 0 amide bonds. The Balaban J connectivity index is 1.23. The van der Waals surface area contributed by atoms with Crippen LogP contribution in [0, 0.1) is 11.7 Å². The summed E-state index contributed by atoms with van der Waals surface area (Å²) < 4.78 is 19.6. The second kappa shape index (κ2) is 9.27. The van der Waals surface area contributed by atoms with Crippen molar-refractivity contribution in [2.75, 3.05) is 13.2 Å². The van der Waals surface area contributed by atoms with Gasteiger partial charge < -0.3 is 15.0 Å². The van der Waals surface area contributed by atoms with E-state index >= 15 is 0 Å². The van der Waals surface area contributed by atoms with Gasteiger partial charge in [-0.15, -0.1) is 0 Å². The first-order valence-corrected chi connectivity index (χ1v) is 10.6. The van der Waals surface area contributed by atoms with E-state index in [2.05, 4.69) is 35.4 Å². The van der Waals surface area contributed by atoms with Crippen LogP contribution in [0.1, 0.15) is 38.2 Å². The number of rotatable bonds is 7. The summed E-state index contributed by atoms with van der Waals surface area (Å²) in [5.74, 6) is 1.29. The van der Waals surface area contributed by atoms with Gasteiger partial charge in [-0.2, -0.15) is 0 Å². The number of ether oxygens (including phenoxy) is 1. The Bertz CT molecular complexity index is 970. The third kappa shape index (κ3) is 4.70. The van der Waals surface area contributed by atoms with Crippen LogP contribution in [-0.4, -0.2) is 24.2 Å². The van der Waals surface area contributed by atoms with Crippen LogP contribution < -0.4 is 10.1 Å². The Morgan fingerprint density at radius 1 is 1.14 bits per heavy atom. The monoisotopic (exact) mass is 392 g/mol. The molecule has 1 fully saturated rings. The minimum Gasteiger partial charge on any atom is -0.492 e. The molecule has 4 heteroatoms. The van der Waals surface area contributed by atoms with Crippen molar-refractivity contribution in [2.24, 2.45) is 5.92 Å². The van der Waals surface area contributed by atoms with Gasteiger partial charge in [0.1, 0.15) is 18.2 Å². The average Bonchev–Trinajstić information content (AvgIpc) is 3.22. The van der Waals surface area contributed by atoms with Crippen LogP contribution in [0.5, 0.6) is 5.75 Å². The second-order valence-corrected chi connectivity index (χ2v) is 7.80. The molecule has 1 aliphatic rings. The number of halogens is 1. The molecule has 0 unspecified atom stereocenters. The fourth-order valence-electron chi connectivity index (χ4n) is 4.52. The largest absolute Gasteiger partial charge is 0.492 e. The fourth-order valence-corrected chi connectivity index (χ4v) is 4.52. The zero-order valence-electron chi connectivity index (χ0n) is 17.0. The molecule has 0 radical (unpaired) electrons. The number of aromatic amines is 1. The molecule has 1 aliphatic carbocycles. The van der Waals surface area contributed by atoms with Crippen molar-refractivity contribution in [3.63, 3.8) is 0 Å². The Kier molecular flexibility index (Phi) is 6.30. The molecule has 0 saturated heterocycles. The summed E-state index contributed by atoms with van der Waals surface area (Å²) in [6, 6.07) is 15.7. The molecule has 29 heavy (non-hydrogen) atoms. The predicted octanol–water partition coefficient (Wildman–Crippen LogP) is 5.94. The van der Waals surface area contributed by atoms with Crippen LogP contribution >= 0.6 is 0 Å². The van der Waals surface area contributed by atoms with Gasteiger partial charge in [0.2, 0.25) is 0 Å². The van der Waals surface area contributed by atoms with Crippen molar-refractivity contribution < 1.29 is 9.13 Å². The molecule has 0 atom stereocenters. The third-order valence-corrected chi connectivity index (χ3v) is 5.98. The SMILES string of the molecule is C/C=C(\c1cccc(F)c1)C1CCC(NCCOc2cccc3[nH]ccc23)CC1. The summed E-state index contributed by atoms with van der Waals surface area (Å²) in [7, 11) is 0. The van der Waals surface area contributed by atoms with E-state index in [1.165, 1.54) is 11.6 Å². The minimum absolute atomic E-state index is 0.160. The van der Waals surface area contributed by atoms with E-state index in [1.54, 1.807) is 12.1 Å². The number of H-pyrrole nitrogens is 1. The first-order valence-electron chi connectivity index (χ1n) is 10.6. The highest BCUT2D eigenvalue weighted by Crippen LogP contribution is 2.35. The maximum atomic E-state index is 13.6. The molecule has 152 valence electrons. The van der Waals surface area contributed by atoms with Gasteiger partial charge in [-0.25, -0.2) is 4.39 Å². The van der Waals surface area contributed by atoms with Gasteiger partial charge >= 0.3 is 0 Å². The maximum Gasteiger partial charge on any atom is 0.128 e. The third-order valence-electron chi connectivity index (χ3n) is 5.98. The lowest BCUT2D eigenvalue weighted by molar-refractivity contribution is 0.281. The average molecular weight is 393 g/mol. The maximum absolute atomic E-state index is 13.6. The molecule has 0 bridgehead atoms. The van der Waals surface area contributed by atoms with Crippen molar-refractivity contribution in [1.29, 1.82) is 0 Å². The Morgan fingerprint density at radius 2 is 1.97 bits per heavy atom. The number of allylic oxidation sites excluding steroid dienone is 2. The molecule has 1 heterocycles. The highest BCUT2D eigenvalue weighted by Gasteiger charge is 2.24. The van der Waals surface area contributed by atoms with Crippen molar-refractivity contribution >= 4 is 16.5 Å². The predicted molar refractivity (Wildman–Crippen MR) is 118 cm³/mol. The Morgan fingerprint density at radius 3 is 2.76 bits per heavy atom. The summed E-state index contributed by atoms with van der Waals surface area (Å²) in [6.07, 6.45) is 8.66. The zero-order valence-corrected chi connectivity index (χ0v) is 17.0. The smallest absolute Gasteiger partial charge is 0.128 e. The van der Waals surface area contributed by atoms with Crippen molar-refractivity contribution in [1.82, 2.24) is 10.3 Å². The molecule has 0 spiro atoms. The van der Waals surface area contributed by atoms with Gasteiger partial charge in [0.15, 0.2) is 0 Å². The van der Waals surface area contributed by atoms with Crippen LogP contribution in [0.2, 0.25) is 0 Å². The van der Waals surface area contributed by atoms with Crippen molar-refractivity contribution in [3.8, 4) is 5.75 Å². The van der Waals surface area contributed by atoms with Crippen LogP contribution in [0.15, 0.2) is 60.8 Å². The quantitative estimate of drug-likeness (QED) is 0.488. The molecular formula is C25H29FN2O. The van der Waals surface area contributed by atoms with Gasteiger partial charge in [0.25, 0.3) is 0 Å². The van der Waals surface area contributed by atoms with E-state index < -0.39 is 0 Å².